The summed E-state index contributed by atoms with van der Waals surface area (Å²) in [7, 11) is 0. The molecule has 1 unspecified atom stereocenters. The number of hydrogen-bond acceptors (Lipinski definition) is 8. The number of carboxylic acid groups (broad SMARTS) is 2. The summed E-state index contributed by atoms with van der Waals surface area (Å²) in [5.41, 5.74) is 17.5. The fourth-order valence-electron chi connectivity index (χ4n) is 3.84. The Bertz CT molecular complexity index is 1110. The maximum Gasteiger partial charge on any atom is 0.333 e. The van der Waals surface area contributed by atoms with Gasteiger partial charge in [0, 0.05) is 30.2 Å². The van der Waals surface area contributed by atoms with Crippen LogP contribution in [0.2, 0.25) is 0 Å². The lowest BCUT2D eigenvalue weighted by atomic mass is 10.1. The van der Waals surface area contributed by atoms with Gasteiger partial charge < -0.3 is 41.8 Å². The molecule has 0 aliphatic carbocycles. The smallest absolute Gasteiger partial charge is 0.333 e. The number of thioether (sulfide) groups is 1. The molecule has 41 heavy (non-hydrogen) atoms. The molecule has 226 valence electrons. The molecule has 3 rings (SSSR count). The number of nitrogens with zero attached hydrogens (tertiary/aromatic N) is 2. The van der Waals surface area contributed by atoms with E-state index < -0.39 is 24.1 Å². The monoisotopic (exact) mass is 589 g/mol. The number of rotatable bonds is 15. The Hall–Kier alpha value is -3.48. The highest BCUT2D eigenvalue weighted by Gasteiger charge is 2.19. The highest BCUT2D eigenvalue weighted by atomic mass is 32.2. The van der Waals surface area contributed by atoms with E-state index in [1.165, 1.54) is 10.6 Å². The standard InChI is InChI=1S/C23H29NO4S.C6H14N4O2/c1-17(2)16-28-21(23(25)26)15-18-7-9-19(10-8-18)27-13-11-24-12-14-29-22-6-4-3-5-20(22)24;7-4(5(11)12)2-1-3-10-6(8)9/h3-10,17,21H,11-16H2,1-2H3,(H,25,26);4H,1-3,7H2,(H,11,12)(H4,8,9,10)/t21-;/m0./s1. The third-order valence-electron chi connectivity index (χ3n) is 5.99. The third-order valence-corrected chi connectivity index (χ3v) is 7.03. The van der Waals surface area contributed by atoms with Gasteiger partial charge in [-0.25, -0.2) is 4.79 Å². The maximum atomic E-state index is 11.4. The molecule has 1 aliphatic rings. The van der Waals surface area contributed by atoms with Crippen molar-refractivity contribution in [2.45, 2.75) is 50.2 Å². The second kappa shape index (κ2) is 18.1. The van der Waals surface area contributed by atoms with Crippen molar-refractivity contribution < 1.29 is 29.3 Å². The van der Waals surface area contributed by atoms with E-state index in [2.05, 4.69) is 34.2 Å². The van der Waals surface area contributed by atoms with Crippen molar-refractivity contribution >= 4 is 35.3 Å². The van der Waals surface area contributed by atoms with Crippen LogP contribution in [-0.2, 0) is 20.7 Å². The predicted octanol–water partition coefficient (Wildman–Crippen LogP) is 2.80. The number of anilines is 1. The van der Waals surface area contributed by atoms with Crippen LogP contribution in [0.3, 0.4) is 0 Å². The molecule has 1 aliphatic heterocycles. The van der Waals surface area contributed by atoms with Crippen LogP contribution in [0.4, 0.5) is 5.69 Å². The number of ether oxygens (including phenoxy) is 2. The fraction of sp³-hybridized carbons (Fsp3) is 0.483. The first kappa shape index (κ1) is 33.7. The SMILES string of the molecule is CC(C)CO[C@@H](Cc1ccc(OCCN2CCSc3ccccc32)cc1)C(=O)O.NC(N)=NCCCC(N)C(=O)O. The van der Waals surface area contributed by atoms with Gasteiger partial charge in [-0.15, -0.1) is 11.8 Å². The summed E-state index contributed by atoms with van der Waals surface area (Å²) in [6.07, 6.45) is 0.489. The molecule has 0 spiro atoms. The van der Waals surface area contributed by atoms with Gasteiger partial charge in [-0.1, -0.05) is 38.1 Å². The molecule has 2 aromatic rings. The molecular weight excluding hydrogens is 546 g/mol. The molecule has 0 saturated carbocycles. The Morgan fingerprint density at radius 2 is 1.78 bits per heavy atom. The number of nitrogens with two attached hydrogens (primary N) is 3. The Morgan fingerprint density at radius 1 is 1.07 bits per heavy atom. The number of guanidine groups is 1. The van der Waals surface area contributed by atoms with Crippen LogP contribution in [0.1, 0.15) is 32.3 Å². The van der Waals surface area contributed by atoms with Gasteiger partial charge in [0.2, 0.25) is 0 Å². The molecule has 2 atom stereocenters. The van der Waals surface area contributed by atoms with E-state index in [9.17, 15) is 14.7 Å². The van der Waals surface area contributed by atoms with Crippen LogP contribution in [0.25, 0.3) is 0 Å². The molecule has 1 heterocycles. The minimum Gasteiger partial charge on any atom is -0.492 e. The lowest BCUT2D eigenvalue weighted by Crippen LogP contribution is -2.33. The summed E-state index contributed by atoms with van der Waals surface area (Å²) in [5, 5.41) is 17.7. The van der Waals surface area contributed by atoms with Gasteiger partial charge in [-0.2, -0.15) is 0 Å². The van der Waals surface area contributed by atoms with Crippen molar-refractivity contribution in [3.63, 3.8) is 0 Å². The number of hydrogen-bond donors (Lipinski definition) is 5. The second-order valence-corrected chi connectivity index (χ2v) is 11.1. The highest BCUT2D eigenvalue weighted by Crippen LogP contribution is 2.34. The fourth-order valence-corrected chi connectivity index (χ4v) is 4.89. The molecular formula is C29H43N5O6S. The zero-order chi connectivity index (χ0) is 30.2. The maximum absolute atomic E-state index is 11.4. The van der Waals surface area contributed by atoms with Crippen LogP contribution in [0, 0.1) is 5.92 Å². The number of aliphatic carboxylic acids is 2. The van der Waals surface area contributed by atoms with Crippen molar-refractivity contribution in [2.75, 3.05) is 43.5 Å². The van der Waals surface area contributed by atoms with Crippen LogP contribution in [0.15, 0.2) is 58.4 Å². The van der Waals surface area contributed by atoms with E-state index in [1.807, 2.05) is 49.9 Å². The Labute approximate surface area is 246 Å². The summed E-state index contributed by atoms with van der Waals surface area (Å²) < 4.78 is 11.4. The van der Waals surface area contributed by atoms with Gasteiger partial charge in [-0.05, 0) is 48.6 Å². The Balaban J connectivity index is 0.000000415. The molecule has 0 fully saturated rings. The van der Waals surface area contributed by atoms with E-state index in [4.69, 9.17) is 31.8 Å². The largest absolute Gasteiger partial charge is 0.492 e. The van der Waals surface area contributed by atoms with Gasteiger partial charge in [0.25, 0.3) is 0 Å². The molecule has 11 nitrogen and oxygen atoms in total. The first-order valence-corrected chi connectivity index (χ1v) is 14.6. The molecule has 2 aromatic carbocycles. The van der Waals surface area contributed by atoms with Crippen molar-refractivity contribution in [1.29, 1.82) is 0 Å². The molecule has 0 aromatic heterocycles. The summed E-state index contributed by atoms with van der Waals surface area (Å²) in [5.74, 6) is 0.279. The second-order valence-electron chi connectivity index (χ2n) is 9.95. The summed E-state index contributed by atoms with van der Waals surface area (Å²) >= 11 is 1.90. The van der Waals surface area contributed by atoms with E-state index in [0.29, 0.717) is 44.9 Å². The number of carbonyl (C=O) groups is 2. The normalized spacial score (nSPS) is 13.8. The molecule has 0 radical (unpaired) electrons. The van der Waals surface area contributed by atoms with Gasteiger partial charge in [-0.3, -0.25) is 9.79 Å². The lowest BCUT2D eigenvalue weighted by molar-refractivity contribution is -0.151. The average Bonchev–Trinajstić information content (AvgIpc) is 2.94. The van der Waals surface area contributed by atoms with Crippen molar-refractivity contribution in [3.8, 4) is 5.75 Å². The molecule has 8 N–H and O–H groups in total. The molecule has 0 saturated heterocycles. The van der Waals surface area contributed by atoms with Crippen LogP contribution >= 0.6 is 11.8 Å². The van der Waals surface area contributed by atoms with Crippen LogP contribution in [-0.4, -0.2) is 78.9 Å². The topological polar surface area (TPSA) is 187 Å². The number of aliphatic imine (C=N–C) groups is 1. The third kappa shape index (κ3) is 13.2. The first-order chi connectivity index (χ1) is 19.6. The van der Waals surface area contributed by atoms with E-state index in [1.54, 1.807) is 0 Å². The number of carboxylic acids is 2. The lowest BCUT2D eigenvalue weighted by Gasteiger charge is -2.30. The Kier molecular flexibility index (Phi) is 14.8. The van der Waals surface area contributed by atoms with E-state index in [0.717, 1.165) is 30.2 Å². The van der Waals surface area contributed by atoms with Gasteiger partial charge in [0.05, 0.1) is 18.8 Å². The molecule has 12 heteroatoms. The van der Waals surface area contributed by atoms with Crippen molar-refractivity contribution in [2.24, 2.45) is 28.1 Å². The number of fused-ring (bicyclic) bond motifs is 1. The highest BCUT2D eigenvalue weighted by molar-refractivity contribution is 7.99. The summed E-state index contributed by atoms with van der Waals surface area (Å²) in [4.78, 5) is 29.0. The van der Waals surface area contributed by atoms with E-state index >= 15 is 0 Å². The van der Waals surface area contributed by atoms with E-state index in [-0.39, 0.29) is 5.96 Å². The van der Waals surface area contributed by atoms with Gasteiger partial charge >= 0.3 is 11.9 Å². The Morgan fingerprint density at radius 3 is 2.41 bits per heavy atom. The van der Waals surface area contributed by atoms with Crippen molar-refractivity contribution in [3.05, 3.63) is 54.1 Å². The van der Waals surface area contributed by atoms with Crippen molar-refractivity contribution in [1.82, 2.24) is 0 Å². The predicted molar refractivity (Wildman–Crippen MR) is 163 cm³/mol. The molecule has 0 bridgehead atoms. The minimum absolute atomic E-state index is 0.0129. The first-order valence-electron chi connectivity index (χ1n) is 13.6. The minimum atomic E-state index is -1.00. The zero-order valence-electron chi connectivity index (χ0n) is 23.8. The zero-order valence-corrected chi connectivity index (χ0v) is 24.6. The summed E-state index contributed by atoms with van der Waals surface area (Å²) in [6.45, 7) is 7.34. The molecule has 0 amide bonds. The van der Waals surface area contributed by atoms with Gasteiger partial charge in [0.15, 0.2) is 12.1 Å². The summed E-state index contributed by atoms with van der Waals surface area (Å²) in [6, 6.07) is 15.3. The quantitative estimate of drug-likeness (QED) is 0.117. The van der Waals surface area contributed by atoms with Gasteiger partial charge in [0.1, 0.15) is 18.4 Å². The average molecular weight is 590 g/mol. The van der Waals surface area contributed by atoms with Crippen LogP contribution in [0.5, 0.6) is 5.75 Å². The number of para-hydroxylation sites is 1. The number of benzene rings is 2. The van der Waals surface area contributed by atoms with Crippen LogP contribution < -0.4 is 26.8 Å².